The van der Waals surface area contributed by atoms with Crippen molar-refractivity contribution in [1.29, 1.82) is 0 Å². The smallest absolute Gasteiger partial charge is 0.296 e. The van der Waals surface area contributed by atoms with E-state index in [4.69, 9.17) is 9.47 Å². The van der Waals surface area contributed by atoms with Gasteiger partial charge in [-0.05, 0) is 26.0 Å². The molecule has 1 aliphatic rings. The van der Waals surface area contributed by atoms with Crippen molar-refractivity contribution in [3.63, 3.8) is 0 Å². The average molecular weight is 266 g/mol. The Morgan fingerprint density at radius 3 is 2.53 bits per heavy atom. The number of morpholine rings is 1. The molecule has 6 nitrogen and oxygen atoms in total. The first-order chi connectivity index (χ1) is 9.01. The number of methoxy groups -OCH3 is 1. The van der Waals surface area contributed by atoms with Crippen LogP contribution in [0.5, 0.6) is 5.75 Å². The third-order valence-electron chi connectivity index (χ3n) is 3.14. The van der Waals surface area contributed by atoms with Crippen molar-refractivity contribution in [3.05, 3.63) is 28.3 Å². The molecule has 6 heteroatoms. The molecule has 1 heterocycles. The lowest BCUT2D eigenvalue weighted by Crippen LogP contribution is -2.45. The Morgan fingerprint density at radius 1 is 1.37 bits per heavy atom. The number of nitro benzene ring substituents is 1. The lowest BCUT2D eigenvalue weighted by molar-refractivity contribution is -0.384. The van der Waals surface area contributed by atoms with Crippen LogP contribution in [-0.2, 0) is 4.74 Å². The van der Waals surface area contributed by atoms with Crippen LogP contribution in [0.1, 0.15) is 13.8 Å². The molecule has 1 aromatic carbocycles. The maximum absolute atomic E-state index is 11.2. The number of nitro groups is 1. The van der Waals surface area contributed by atoms with Gasteiger partial charge < -0.3 is 14.4 Å². The summed E-state index contributed by atoms with van der Waals surface area (Å²) in [6.07, 6.45) is 0.121. The van der Waals surface area contributed by atoms with E-state index in [1.165, 1.54) is 13.2 Å². The molecule has 2 rings (SSSR count). The van der Waals surface area contributed by atoms with Gasteiger partial charge in [-0.3, -0.25) is 10.1 Å². The summed E-state index contributed by atoms with van der Waals surface area (Å²) in [6.45, 7) is 5.24. The predicted octanol–water partition coefficient (Wildman–Crippen LogP) is 2.22. The molecule has 0 radical (unpaired) electrons. The van der Waals surface area contributed by atoms with Crippen LogP contribution in [0.15, 0.2) is 18.2 Å². The van der Waals surface area contributed by atoms with Gasteiger partial charge in [-0.15, -0.1) is 0 Å². The Bertz CT molecular complexity index is 468. The van der Waals surface area contributed by atoms with Crippen molar-refractivity contribution in [2.75, 3.05) is 25.1 Å². The highest BCUT2D eigenvalue weighted by Gasteiger charge is 2.27. The SMILES string of the molecule is COc1ccc(N2C[C@@H](C)O[C@@H](C)C2)c([N+](=O)[O-])c1. The predicted molar refractivity (Wildman–Crippen MR) is 71.9 cm³/mol. The van der Waals surface area contributed by atoms with Gasteiger partial charge in [0.25, 0.3) is 5.69 Å². The van der Waals surface area contributed by atoms with Crippen LogP contribution >= 0.6 is 0 Å². The van der Waals surface area contributed by atoms with E-state index in [-0.39, 0.29) is 22.8 Å². The molecule has 0 aromatic heterocycles. The summed E-state index contributed by atoms with van der Waals surface area (Å²) in [5.74, 6) is 0.491. The van der Waals surface area contributed by atoms with Gasteiger partial charge in [0.15, 0.2) is 0 Å². The summed E-state index contributed by atoms with van der Waals surface area (Å²) >= 11 is 0. The van der Waals surface area contributed by atoms with Crippen LogP contribution in [0.2, 0.25) is 0 Å². The van der Waals surface area contributed by atoms with Crippen LogP contribution in [0, 0.1) is 10.1 Å². The lowest BCUT2D eigenvalue weighted by atomic mass is 10.1. The third kappa shape index (κ3) is 2.96. The minimum absolute atomic E-state index is 0.0606. The highest BCUT2D eigenvalue weighted by Crippen LogP contribution is 2.33. The molecule has 1 saturated heterocycles. The Morgan fingerprint density at radius 2 is 2.00 bits per heavy atom. The zero-order valence-corrected chi connectivity index (χ0v) is 11.3. The van der Waals surface area contributed by atoms with E-state index in [1.807, 2.05) is 18.7 Å². The summed E-state index contributed by atoms with van der Waals surface area (Å²) in [7, 11) is 1.50. The van der Waals surface area contributed by atoms with Gasteiger partial charge in [-0.25, -0.2) is 0 Å². The Labute approximate surface area is 112 Å². The maximum atomic E-state index is 11.2. The molecule has 0 unspecified atom stereocenters. The van der Waals surface area contributed by atoms with Crippen molar-refractivity contribution >= 4 is 11.4 Å². The van der Waals surface area contributed by atoms with Gasteiger partial charge in [-0.2, -0.15) is 0 Å². The number of hydrogen-bond donors (Lipinski definition) is 0. The van der Waals surface area contributed by atoms with E-state index in [0.717, 1.165) is 0 Å². The zero-order valence-electron chi connectivity index (χ0n) is 11.3. The maximum Gasteiger partial charge on any atom is 0.296 e. The van der Waals surface area contributed by atoms with Crippen LogP contribution in [0.3, 0.4) is 0 Å². The largest absolute Gasteiger partial charge is 0.496 e. The van der Waals surface area contributed by atoms with Crippen LogP contribution in [0.25, 0.3) is 0 Å². The van der Waals surface area contributed by atoms with Gasteiger partial charge in [0, 0.05) is 13.1 Å². The fourth-order valence-corrected chi connectivity index (χ4v) is 2.42. The summed E-state index contributed by atoms with van der Waals surface area (Å²) in [5, 5.41) is 11.2. The van der Waals surface area contributed by atoms with Crippen molar-refractivity contribution < 1.29 is 14.4 Å². The highest BCUT2D eigenvalue weighted by molar-refractivity contribution is 5.65. The molecule has 0 N–H and O–H groups in total. The fourth-order valence-electron chi connectivity index (χ4n) is 2.42. The van der Waals surface area contributed by atoms with Gasteiger partial charge in [0.1, 0.15) is 11.4 Å². The number of hydrogen-bond acceptors (Lipinski definition) is 5. The summed E-state index contributed by atoms with van der Waals surface area (Å²) in [5.41, 5.74) is 0.688. The topological polar surface area (TPSA) is 64.8 Å². The molecule has 0 saturated carbocycles. The van der Waals surface area contributed by atoms with Gasteiger partial charge in [-0.1, -0.05) is 0 Å². The van der Waals surface area contributed by atoms with E-state index >= 15 is 0 Å². The standard InChI is InChI=1S/C13H18N2O4/c1-9-7-14(8-10(2)19-9)12-5-4-11(18-3)6-13(12)15(16)17/h4-6,9-10H,7-8H2,1-3H3/t9-,10+. The molecular formula is C13H18N2O4. The monoisotopic (exact) mass is 266 g/mol. The minimum atomic E-state index is -0.372. The first-order valence-corrected chi connectivity index (χ1v) is 6.24. The number of anilines is 1. The molecule has 2 atom stereocenters. The second kappa shape index (κ2) is 5.44. The van der Waals surface area contributed by atoms with E-state index < -0.39 is 0 Å². The molecule has 19 heavy (non-hydrogen) atoms. The molecule has 0 spiro atoms. The van der Waals surface area contributed by atoms with E-state index in [2.05, 4.69) is 0 Å². The zero-order chi connectivity index (χ0) is 14.0. The molecular weight excluding hydrogens is 248 g/mol. The fraction of sp³-hybridized carbons (Fsp3) is 0.538. The van der Waals surface area contributed by atoms with Crippen molar-refractivity contribution in [2.24, 2.45) is 0 Å². The van der Waals surface area contributed by atoms with Gasteiger partial charge >= 0.3 is 0 Å². The molecule has 104 valence electrons. The van der Waals surface area contributed by atoms with Crippen LogP contribution in [0.4, 0.5) is 11.4 Å². The molecule has 0 aliphatic carbocycles. The Balaban J connectivity index is 2.35. The molecule has 1 aromatic rings. The summed E-state index contributed by atoms with van der Waals surface area (Å²) < 4.78 is 10.7. The highest BCUT2D eigenvalue weighted by atomic mass is 16.6. The van der Waals surface area contributed by atoms with Crippen molar-refractivity contribution in [3.8, 4) is 5.75 Å². The van der Waals surface area contributed by atoms with Crippen molar-refractivity contribution in [1.82, 2.24) is 0 Å². The molecule has 0 bridgehead atoms. The summed E-state index contributed by atoms with van der Waals surface area (Å²) in [6, 6.07) is 4.94. The van der Waals surface area contributed by atoms with Crippen LogP contribution < -0.4 is 9.64 Å². The normalized spacial score (nSPS) is 23.2. The molecule has 1 aliphatic heterocycles. The van der Waals surface area contributed by atoms with E-state index in [0.29, 0.717) is 24.5 Å². The third-order valence-corrected chi connectivity index (χ3v) is 3.14. The minimum Gasteiger partial charge on any atom is -0.496 e. The molecule has 1 fully saturated rings. The van der Waals surface area contributed by atoms with E-state index in [1.54, 1.807) is 12.1 Å². The molecule has 0 amide bonds. The van der Waals surface area contributed by atoms with Crippen LogP contribution in [-0.4, -0.2) is 37.3 Å². The number of rotatable bonds is 3. The summed E-state index contributed by atoms with van der Waals surface area (Å²) in [4.78, 5) is 12.8. The average Bonchev–Trinajstić information content (AvgIpc) is 2.36. The second-order valence-electron chi connectivity index (χ2n) is 4.77. The van der Waals surface area contributed by atoms with E-state index in [9.17, 15) is 10.1 Å². The van der Waals surface area contributed by atoms with Gasteiger partial charge in [0.2, 0.25) is 0 Å². The number of benzene rings is 1. The quantitative estimate of drug-likeness (QED) is 0.620. The lowest BCUT2D eigenvalue weighted by Gasteiger charge is -2.36. The number of ether oxygens (including phenoxy) is 2. The Hall–Kier alpha value is -1.82. The van der Waals surface area contributed by atoms with Crippen molar-refractivity contribution in [2.45, 2.75) is 26.1 Å². The van der Waals surface area contributed by atoms with Gasteiger partial charge in [0.05, 0.1) is 30.3 Å². The first kappa shape index (κ1) is 13.6. The first-order valence-electron chi connectivity index (χ1n) is 6.24. The number of nitrogens with zero attached hydrogens (tertiary/aromatic N) is 2. The second-order valence-corrected chi connectivity index (χ2v) is 4.77. The Kier molecular flexibility index (Phi) is 3.90.